The van der Waals surface area contributed by atoms with Crippen molar-refractivity contribution >= 4 is 11.8 Å². The Hall–Kier alpha value is 0.270. The van der Waals surface area contributed by atoms with E-state index in [1.807, 2.05) is 0 Å². The van der Waals surface area contributed by atoms with Gasteiger partial charge in [-0.1, -0.05) is 13.8 Å². The van der Waals surface area contributed by atoms with E-state index in [2.05, 4.69) is 30.9 Å². The van der Waals surface area contributed by atoms with Crippen LogP contribution in [0.1, 0.15) is 26.7 Å². The minimum atomic E-state index is 0.675. The normalized spacial score (nSPS) is 29.1. The molecule has 1 heterocycles. The monoisotopic (exact) mass is 203 g/mol. The Morgan fingerprint density at radius 2 is 2.31 bits per heavy atom. The van der Waals surface area contributed by atoms with Crippen molar-refractivity contribution in [2.24, 2.45) is 0 Å². The van der Waals surface area contributed by atoms with Crippen LogP contribution in [-0.2, 0) is 4.74 Å². The first-order chi connectivity index (χ1) is 6.38. The molecule has 0 radical (unpaired) electrons. The molecule has 2 unspecified atom stereocenters. The van der Waals surface area contributed by atoms with E-state index >= 15 is 0 Å². The van der Waals surface area contributed by atoms with Crippen molar-refractivity contribution in [3.8, 4) is 0 Å². The van der Waals surface area contributed by atoms with Crippen LogP contribution in [0.5, 0.6) is 0 Å². The predicted molar refractivity (Wildman–Crippen MR) is 59.4 cm³/mol. The predicted octanol–water partition coefficient (Wildman–Crippen LogP) is 1.90. The van der Waals surface area contributed by atoms with E-state index in [1.165, 1.54) is 18.6 Å². The van der Waals surface area contributed by atoms with Crippen LogP contribution in [0.2, 0.25) is 0 Å². The van der Waals surface area contributed by atoms with Gasteiger partial charge in [0, 0.05) is 17.9 Å². The summed E-state index contributed by atoms with van der Waals surface area (Å²) in [5, 5.41) is 4.22. The first-order valence-corrected chi connectivity index (χ1v) is 6.36. The van der Waals surface area contributed by atoms with Crippen LogP contribution in [0.3, 0.4) is 0 Å². The summed E-state index contributed by atoms with van der Waals surface area (Å²) in [6, 6.07) is 0.676. The van der Waals surface area contributed by atoms with Crippen molar-refractivity contribution < 1.29 is 4.74 Å². The Morgan fingerprint density at radius 3 is 3.00 bits per heavy atom. The second kappa shape index (κ2) is 6.68. The van der Waals surface area contributed by atoms with Crippen LogP contribution in [0, 0.1) is 0 Å². The van der Waals surface area contributed by atoms with Crippen molar-refractivity contribution in [1.82, 2.24) is 5.32 Å². The fourth-order valence-corrected chi connectivity index (χ4v) is 2.84. The Kier molecular flexibility index (Phi) is 5.83. The summed E-state index contributed by atoms with van der Waals surface area (Å²) in [7, 11) is 0. The van der Waals surface area contributed by atoms with Gasteiger partial charge < -0.3 is 10.1 Å². The van der Waals surface area contributed by atoms with Crippen LogP contribution in [0.4, 0.5) is 0 Å². The fourth-order valence-electron chi connectivity index (χ4n) is 1.64. The molecule has 0 aromatic heterocycles. The molecule has 0 bridgehead atoms. The van der Waals surface area contributed by atoms with E-state index < -0.39 is 0 Å². The molecular weight excluding hydrogens is 182 g/mol. The zero-order valence-corrected chi connectivity index (χ0v) is 9.53. The lowest BCUT2D eigenvalue weighted by Crippen LogP contribution is -2.44. The van der Waals surface area contributed by atoms with E-state index in [9.17, 15) is 0 Å². The van der Waals surface area contributed by atoms with Gasteiger partial charge in [0.15, 0.2) is 0 Å². The smallest absolute Gasteiger partial charge is 0.0600 e. The highest BCUT2D eigenvalue weighted by molar-refractivity contribution is 7.99. The molecule has 1 aliphatic heterocycles. The summed E-state index contributed by atoms with van der Waals surface area (Å²) in [6.45, 7) is 7.35. The van der Waals surface area contributed by atoms with Crippen molar-refractivity contribution in [3.05, 3.63) is 0 Å². The van der Waals surface area contributed by atoms with E-state index in [-0.39, 0.29) is 0 Å². The summed E-state index contributed by atoms with van der Waals surface area (Å²) < 4.78 is 5.49. The van der Waals surface area contributed by atoms with E-state index in [0.717, 1.165) is 19.8 Å². The van der Waals surface area contributed by atoms with Gasteiger partial charge in [-0.2, -0.15) is 11.8 Å². The Bertz CT molecular complexity index is 130. The Morgan fingerprint density at radius 1 is 1.46 bits per heavy atom. The minimum Gasteiger partial charge on any atom is -0.380 e. The molecule has 2 atom stereocenters. The molecule has 1 N–H and O–H groups in total. The zero-order valence-electron chi connectivity index (χ0n) is 8.71. The van der Waals surface area contributed by atoms with Crippen LogP contribution in [0.15, 0.2) is 0 Å². The minimum absolute atomic E-state index is 0.675. The van der Waals surface area contributed by atoms with Gasteiger partial charge >= 0.3 is 0 Å². The number of nitrogens with one attached hydrogen (secondary N) is 1. The largest absolute Gasteiger partial charge is 0.380 e. The summed E-state index contributed by atoms with van der Waals surface area (Å²) in [5.74, 6) is 1.26. The van der Waals surface area contributed by atoms with Crippen LogP contribution >= 0.6 is 11.8 Å². The molecule has 0 aromatic carbocycles. The molecule has 1 fully saturated rings. The highest BCUT2D eigenvalue weighted by atomic mass is 32.2. The molecule has 0 aromatic rings. The average Bonchev–Trinajstić information content (AvgIpc) is 2.17. The molecule has 1 aliphatic rings. The van der Waals surface area contributed by atoms with Crippen molar-refractivity contribution in [1.29, 1.82) is 0 Å². The summed E-state index contributed by atoms with van der Waals surface area (Å²) >= 11 is 2.06. The average molecular weight is 203 g/mol. The van der Waals surface area contributed by atoms with Gasteiger partial charge in [0.25, 0.3) is 0 Å². The van der Waals surface area contributed by atoms with Crippen molar-refractivity contribution in [2.45, 2.75) is 38.0 Å². The van der Waals surface area contributed by atoms with Gasteiger partial charge in [-0.25, -0.2) is 0 Å². The van der Waals surface area contributed by atoms with E-state index in [4.69, 9.17) is 4.74 Å². The van der Waals surface area contributed by atoms with Gasteiger partial charge in [-0.3, -0.25) is 0 Å². The molecule has 2 nitrogen and oxygen atoms in total. The topological polar surface area (TPSA) is 21.3 Å². The van der Waals surface area contributed by atoms with E-state index in [1.54, 1.807) is 0 Å². The quantitative estimate of drug-likeness (QED) is 0.737. The Labute approximate surface area is 85.8 Å². The van der Waals surface area contributed by atoms with Crippen LogP contribution < -0.4 is 5.32 Å². The maximum atomic E-state index is 5.49. The summed E-state index contributed by atoms with van der Waals surface area (Å²) in [5.41, 5.74) is 0. The van der Waals surface area contributed by atoms with Crippen molar-refractivity contribution in [2.75, 3.05) is 25.5 Å². The molecule has 78 valence electrons. The van der Waals surface area contributed by atoms with Gasteiger partial charge in [0.1, 0.15) is 0 Å². The van der Waals surface area contributed by atoms with Crippen LogP contribution in [0.25, 0.3) is 0 Å². The summed E-state index contributed by atoms with van der Waals surface area (Å²) in [6.07, 6.45) is 2.44. The first kappa shape index (κ1) is 11.3. The highest BCUT2D eigenvalue weighted by Gasteiger charge is 2.24. The molecule has 1 rings (SSSR count). The molecule has 0 spiro atoms. The maximum absolute atomic E-state index is 5.49. The zero-order chi connectivity index (χ0) is 9.52. The molecule has 0 saturated carbocycles. The highest BCUT2D eigenvalue weighted by Crippen LogP contribution is 2.21. The maximum Gasteiger partial charge on any atom is 0.0600 e. The number of rotatable bonds is 5. The van der Waals surface area contributed by atoms with Gasteiger partial charge in [-0.05, 0) is 25.1 Å². The molecule has 1 saturated heterocycles. The lowest BCUT2D eigenvalue weighted by atomic mass is 10.1. The second-order valence-corrected chi connectivity index (χ2v) is 4.78. The molecule has 0 amide bonds. The second-order valence-electron chi connectivity index (χ2n) is 3.44. The number of thioether (sulfide) groups is 1. The van der Waals surface area contributed by atoms with Gasteiger partial charge in [0.05, 0.1) is 6.61 Å². The lowest BCUT2D eigenvalue weighted by molar-refractivity contribution is 0.0837. The molecular formula is C10H21NOS. The van der Waals surface area contributed by atoms with Gasteiger partial charge in [-0.15, -0.1) is 0 Å². The number of hydrogen-bond acceptors (Lipinski definition) is 3. The van der Waals surface area contributed by atoms with E-state index in [0.29, 0.717) is 11.3 Å². The molecule has 0 aliphatic carbocycles. The third-order valence-electron chi connectivity index (χ3n) is 2.31. The third-order valence-corrected chi connectivity index (χ3v) is 3.84. The Balaban J connectivity index is 2.28. The molecule has 3 heteroatoms. The summed E-state index contributed by atoms with van der Waals surface area (Å²) in [4.78, 5) is 0. The third kappa shape index (κ3) is 3.88. The number of ether oxygens (including phenoxy) is 1. The molecule has 13 heavy (non-hydrogen) atoms. The fraction of sp³-hybridized carbons (Fsp3) is 1.00. The van der Waals surface area contributed by atoms with Gasteiger partial charge in [0.2, 0.25) is 0 Å². The SMILES string of the molecule is CCCSC1COCCC1NCC. The van der Waals surface area contributed by atoms with Crippen LogP contribution in [-0.4, -0.2) is 36.8 Å². The first-order valence-electron chi connectivity index (χ1n) is 5.31. The standard InChI is InChI=1S/C10H21NOS/c1-3-7-13-10-8-12-6-5-9(10)11-4-2/h9-11H,3-8H2,1-2H3. The van der Waals surface area contributed by atoms with Crippen molar-refractivity contribution in [3.63, 3.8) is 0 Å². The number of hydrogen-bond donors (Lipinski definition) is 1. The lowest BCUT2D eigenvalue weighted by Gasteiger charge is -2.31.